The number of nitrogens with two attached hydrogens (primary N) is 1. The number of rotatable bonds is 4. The third-order valence-electron chi connectivity index (χ3n) is 2.93. The van der Waals surface area contributed by atoms with Crippen LogP contribution in [0, 0.1) is 6.92 Å². The molecule has 20 heavy (non-hydrogen) atoms. The van der Waals surface area contributed by atoms with Crippen molar-refractivity contribution in [1.29, 1.82) is 0 Å². The Morgan fingerprint density at radius 3 is 2.70 bits per heavy atom. The van der Waals surface area contributed by atoms with Crippen LogP contribution >= 0.6 is 22.9 Å². The van der Waals surface area contributed by atoms with Crippen molar-refractivity contribution in [2.75, 3.05) is 12.8 Å². The number of anilines is 1. The van der Waals surface area contributed by atoms with E-state index in [1.54, 1.807) is 12.4 Å². The minimum Gasteiger partial charge on any atom is -0.398 e. The minimum atomic E-state index is -3.64. The van der Waals surface area contributed by atoms with Gasteiger partial charge < -0.3 is 5.73 Å². The number of halogens is 1. The van der Waals surface area contributed by atoms with Gasteiger partial charge in [-0.25, -0.2) is 13.4 Å². The molecule has 0 radical (unpaired) electrons. The Labute approximate surface area is 127 Å². The summed E-state index contributed by atoms with van der Waals surface area (Å²) in [6.45, 7) is 1.95. The molecule has 2 aromatic rings. The maximum atomic E-state index is 12.5. The Kier molecular flexibility index (Phi) is 4.33. The van der Waals surface area contributed by atoms with Crippen molar-refractivity contribution >= 4 is 38.6 Å². The number of nitrogen functional groups attached to an aromatic ring is 1. The van der Waals surface area contributed by atoms with Crippen molar-refractivity contribution in [3.8, 4) is 0 Å². The monoisotopic (exact) mass is 331 g/mol. The lowest BCUT2D eigenvalue weighted by Crippen LogP contribution is -2.26. The van der Waals surface area contributed by atoms with Crippen molar-refractivity contribution in [3.05, 3.63) is 39.3 Å². The Hall–Kier alpha value is -1.15. The highest BCUT2D eigenvalue weighted by Crippen LogP contribution is 2.27. The third-order valence-corrected chi connectivity index (χ3v) is 5.74. The lowest BCUT2D eigenvalue weighted by molar-refractivity contribution is 0.463. The van der Waals surface area contributed by atoms with Gasteiger partial charge in [0, 0.05) is 23.1 Å². The van der Waals surface area contributed by atoms with Crippen LogP contribution in [0.3, 0.4) is 0 Å². The maximum absolute atomic E-state index is 12.5. The highest BCUT2D eigenvalue weighted by molar-refractivity contribution is 7.89. The summed E-state index contributed by atoms with van der Waals surface area (Å²) in [4.78, 5) is 4.16. The summed E-state index contributed by atoms with van der Waals surface area (Å²) < 4.78 is 26.1. The highest BCUT2D eigenvalue weighted by atomic mass is 35.5. The SMILES string of the molecule is Cc1c(N)cc(S(=O)(=O)N(C)Cc2cscn2)cc1Cl. The van der Waals surface area contributed by atoms with Gasteiger partial charge in [-0.1, -0.05) is 11.6 Å². The van der Waals surface area contributed by atoms with Gasteiger partial charge in [0.05, 0.1) is 22.6 Å². The molecule has 0 aliphatic heterocycles. The number of thiazole rings is 1. The largest absolute Gasteiger partial charge is 0.398 e. The smallest absolute Gasteiger partial charge is 0.243 e. The van der Waals surface area contributed by atoms with E-state index in [1.165, 1.54) is 34.8 Å². The van der Waals surface area contributed by atoms with Crippen molar-refractivity contribution < 1.29 is 8.42 Å². The number of nitrogens with zero attached hydrogens (tertiary/aromatic N) is 2. The Bertz CT molecular complexity index is 691. The molecule has 0 amide bonds. The summed E-state index contributed by atoms with van der Waals surface area (Å²) in [5, 5.41) is 2.15. The molecule has 1 heterocycles. The molecule has 0 spiro atoms. The fraction of sp³-hybridized carbons (Fsp3) is 0.250. The highest BCUT2D eigenvalue weighted by Gasteiger charge is 2.23. The molecular weight excluding hydrogens is 318 g/mol. The van der Waals surface area contributed by atoms with Crippen LogP contribution in [-0.4, -0.2) is 24.8 Å². The summed E-state index contributed by atoms with van der Waals surface area (Å²) in [5.74, 6) is 0. The Morgan fingerprint density at radius 2 is 2.15 bits per heavy atom. The first-order valence-corrected chi connectivity index (χ1v) is 8.47. The van der Waals surface area contributed by atoms with Gasteiger partial charge in [-0.05, 0) is 24.6 Å². The van der Waals surface area contributed by atoms with Crippen molar-refractivity contribution in [2.45, 2.75) is 18.4 Å². The van der Waals surface area contributed by atoms with Gasteiger partial charge in [0.1, 0.15) is 0 Å². The standard InChI is InChI=1S/C12H14ClN3O2S2/c1-8-11(13)3-10(4-12(8)14)20(17,18)16(2)5-9-6-19-7-15-9/h3-4,6-7H,5,14H2,1-2H3. The predicted octanol–water partition coefficient (Wildman–Crippen LogP) is 2.51. The Balaban J connectivity index is 2.35. The van der Waals surface area contributed by atoms with Crippen LogP contribution in [0.15, 0.2) is 27.9 Å². The Morgan fingerprint density at radius 1 is 1.45 bits per heavy atom. The summed E-state index contributed by atoms with van der Waals surface area (Å²) in [5.41, 5.74) is 9.17. The van der Waals surface area contributed by atoms with E-state index >= 15 is 0 Å². The maximum Gasteiger partial charge on any atom is 0.243 e. The molecule has 108 valence electrons. The van der Waals surface area contributed by atoms with Gasteiger partial charge in [-0.15, -0.1) is 11.3 Å². The van der Waals surface area contributed by atoms with Crippen LogP contribution < -0.4 is 5.73 Å². The van der Waals surface area contributed by atoms with Crippen LogP contribution in [0.2, 0.25) is 5.02 Å². The minimum absolute atomic E-state index is 0.0864. The normalized spacial score (nSPS) is 12.0. The van der Waals surface area contributed by atoms with Crippen LogP contribution in [0.1, 0.15) is 11.3 Å². The average molecular weight is 332 g/mol. The zero-order valence-corrected chi connectivity index (χ0v) is 13.4. The van der Waals surface area contributed by atoms with E-state index in [9.17, 15) is 8.42 Å². The van der Waals surface area contributed by atoms with Crippen LogP contribution in [0.4, 0.5) is 5.69 Å². The number of hydrogen-bond donors (Lipinski definition) is 1. The fourth-order valence-electron chi connectivity index (χ4n) is 1.63. The zero-order chi connectivity index (χ0) is 14.9. The van der Waals surface area contributed by atoms with E-state index in [0.29, 0.717) is 22.0 Å². The molecule has 5 nitrogen and oxygen atoms in total. The van der Waals surface area contributed by atoms with Crippen molar-refractivity contribution in [2.24, 2.45) is 0 Å². The molecule has 0 bridgehead atoms. The molecule has 1 aromatic heterocycles. The second-order valence-electron chi connectivity index (χ2n) is 4.36. The van der Waals surface area contributed by atoms with Gasteiger partial charge in [-0.2, -0.15) is 4.31 Å². The van der Waals surface area contributed by atoms with Gasteiger partial charge >= 0.3 is 0 Å². The fourth-order valence-corrected chi connectivity index (χ4v) is 3.68. The quantitative estimate of drug-likeness (QED) is 0.873. The van der Waals surface area contributed by atoms with Crippen LogP contribution in [-0.2, 0) is 16.6 Å². The molecular formula is C12H14ClN3O2S2. The van der Waals surface area contributed by atoms with Crippen LogP contribution in [0.5, 0.6) is 0 Å². The summed E-state index contributed by atoms with van der Waals surface area (Å²) in [6, 6.07) is 2.84. The summed E-state index contributed by atoms with van der Waals surface area (Å²) >= 11 is 7.42. The lowest BCUT2D eigenvalue weighted by Gasteiger charge is -2.17. The predicted molar refractivity (Wildman–Crippen MR) is 81.4 cm³/mol. The molecule has 0 aliphatic carbocycles. The van der Waals surface area contributed by atoms with Crippen molar-refractivity contribution in [3.63, 3.8) is 0 Å². The van der Waals surface area contributed by atoms with E-state index in [0.717, 1.165) is 0 Å². The first-order valence-electron chi connectivity index (χ1n) is 5.71. The second kappa shape index (κ2) is 5.69. The van der Waals surface area contributed by atoms with E-state index in [-0.39, 0.29) is 11.4 Å². The number of benzene rings is 1. The van der Waals surface area contributed by atoms with Gasteiger partial charge in [0.2, 0.25) is 10.0 Å². The molecule has 0 aliphatic rings. The molecule has 2 rings (SSSR count). The van der Waals surface area contributed by atoms with E-state index in [1.807, 2.05) is 5.38 Å². The number of sulfonamides is 1. The molecule has 1 aromatic carbocycles. The molecule has 8 heteroatoms. The second-order valence-corrected chi connectivity index (χ2v) is 7.53. The molecule has 0 atom stereocenters. The van der Waals surface area contributed by atoms with Crippen LogP contribution in [0.25, 0.3) is 0 Å². The van der Waals surface area contributed by atoms with Gasteiger partial charge in [0.15, 0.2) is 0 Å². The summed E-state index contributed by atoms with van der Waals surface area (Å²) in [7, 11) is -2.14. The lowest BCUT2D eigenvalue weighted by atomic mass is 10.2. The molecule has 0 fully saturated rings. The van der Waals surface area contributed by atoms with E-state index in [4.69, 9.17) is 17.3 Å². The molecule has 0 unspecified atom stereocenters. The average Bonchev–Trinajstić information content (AvgIpc) is 2.88. The van der Waals surface area contributed by atoms with E-state index in [2.05, 4.69) is 4.98 Å². The van der Waals surface area contributed by atoms with E-state index < -0.39 is 10.0 Å². The molecule has 0 saturated carbocycles. The summed E-state index contributed by atoms with van der Waals surface area (Å²) in [6.07, 6.45) is 0. The first-order chi connectivity index (χ1) is 9.32. The van der Waals surface area contributed by atoms with Crippen molar-refractivity contribution in [1.82, 2.24) is 9.29 Å². The van der Waals surface area contributed by atoms with Gasteiger partial charge in [0.25, 0.3) is 0 Å². The first kappa shape index (κ1) is 15.2. The topological polar surface area (TPSA) is 76.3 Å². The zero-order valence-electron chi connectivity index (χ0n) is 11.0. The third kappa shape index (κ3) is 2.95. The number of hydrogen-bond acceptors (Lipinski definition) is 5. The molecule has 0 saturated heterocycles. The van der Waals surface area contributed by atoms with Gasteiger partial charge in [-0.3, -0.25) is 0 Å². The molecule has 2 N–H and O–H groups in total. The number of aromatic nitrogens is 1.